The zero-order valence-electron chi connectivity index (χ0n) is 12.7. The molecule has 22 heavy (non-hydrogen) atoms. The fraction of sp³-hybridized carbons (Fsp3) is 0.625. The summed E-state index contributed by atoms with van der Waals surface area (Å²) in [7, 11) is 0. The van der Waals surface area contributed by atoms with E-state index in [1.807, 2.05) is 12.1 Å². The standard InChI is InChI=1S/C12H14Cl2O.C4H11NO2/c13-10-6-9(7-11(14)12(10)15)8-4-2-1-3-5-8;6-3-1-5-2-4-7/h6-8,15H,1-5H2;5-7H,1-4H2. The van der Waals surface area contributed by atoms with Crippen LogP contribution < -0.4 is 5.32 Å². The van der Waals surface area contributed by atoms with Gasteiger partial charge in [-0.25, -0.2) is 0 Å². The lowest BCUT2D eigenvalue weighted by Gasteiger charge is -2.22. The van der Waals surface area contributed by atoms with Gasteiger partial charge in [-0.05, 0) is 36.5 Å². The fourth-order valence-corrected chi connectivity index (χ4v) is 3.04. The number of halogens is 2. The van der Waals surface area contributed by atoms with Crippen LogP contribution in [0.2, 0.25) is 10.0 Å². The summed E-state index contributed by atoms with van der Waals surface area (Å²) in [6.45, 7) is 1.42. The van der Waals surface area contributed by atoms with Crippen LogP contribution in [-0.2, 0) is 0 Å². The smallest absolute Gasteiger partial charge is 0.152 e. The van der Waals surface area contributed by atoms with Gasteiger partial charge in [0.2, 0.25) is 0 Å². The highest BCUT2D eigenvalue weighted by molar-refractivity contribution is 6.37. The Bertz CT molecular complexity index is 410. The summed E-state index contributed by atoms with van der Waals surface area (Å²) in [5.74, 6) is 0.562. The van der Waals surface area contributed by atoms with Crippen molar-refractivity contribution < 1.29 is 15.3 Å². The van der Waals surface area contributed by atoms with E-state index in [0.717, 1.165) is 0 Å². The summed E-state index contributed by atoms with van der Waals surface area (Å²) in [5.41, 5.74) is 1.17. The average Bonchev–Trinajstić information content (AvgIpc) is 2.54. The Morgan fingerprint density at radius 3 is 1.91 bits per heavy atom. The first kappa shape index (κ1) is 19.5. The van der Waals surface area contributed by atoms with E-state index in [9.17, 15) is 5.11 Å². The van der Waals surface area contributed by atoms with Crippen molar-refractivity contribution >= 4 is 23.2 Å². The van der Waals surface area contributed by atoms with Crippen molar-refractivity contribution in [2.45, 2.75) is 38.0 Å². The van der Waals surface area contributed by atoms with Crippen molar-refractivity contribution in [2.75, 3.05) is 26.3 Å². The number of hydrogen-bond donors (Lipinski definition) is 4. The van der Waals surface area contributed by atoms with Gasteiger partial charge in [0.15, 0.2) is 5.75 Å². The Hall–Kier alpha value is -0.520. The van der Waals surface area contributed by atoms with Crippen LogP contribution in [-0.4, -0.2) is 41.6 Å². The second kappa shape index (κ2) is 11.1. The van der Waals surface area contributed by atoms with E-state index in [1.54, 1.807) is 0 Å². The minimum Gasteiger partial charge on any atom is -0.505 e. The molecule has 0 amide bonds. The van der Waals surface area contributed by atoms with Crippen LogP contribution in [0.5, 0.6) is 5.75 Å². The highest BCUT2D eigenvalue weighted by Crippen LogP contribution is 2.39. The van der Waals surface area contributed by atoms with E-state index in [1.165, 1.54) is 37.7 Å². The highest BCUT2D eigenvalue weighted by atomic mass is 35.5. The zero-order chi connectivity index (χ0) is 16.4. The van der Waals surface area contributed by atoms with Gasteiger partial charge in [-0.2, -0.15) is 0 Å². The molecular formula is C16H25Cl2NO3. The second-order valence-electron chi connectivity index (χ2n) is 5.37. The number of hydrogen-bond acceptors (Lipinski definition) is 4. The van der Waals surface area contributed by atoms with Crippen LogP contribution in [0, 0.1) is 0 Å². The van der Waals surface area contributed by atoms with E-state index < -0.39 is 0 Å². The lowest BCUT2D eigenvalue weighted by atomic mass is 9.84. The largest absolute Gasteiger partial charge is 0.505 e. The maximum Gasteiger partial charge on any atom is 0.152 e. The van der Waals surface area contributed by atoms with Crippen molar-refractivity contribution in [3.8, 4) is 5.75 Å². The third-order valence-corrected chi connectivity index (χ3v) is 4.27. The molecule has 0 aromatic heterocycles. The minimum atomic E-state index is -0.00195. The number of phenolic OH excluding ortho intramolecular Hbond substituents is 1. The lowest BCUT2D eigenvalue weighted by molar-refractivity contribution is 0.266. The van der Waals surface area contributed by atoms with E-state index in [0.29, 0.717) is 29.1 Å². The van der Waals surface area contributed by atoms with Crippen LogP contribution in [0.25, 0.3) is 0 Å². The van der Waals surface area contributed by atoms with E-state index in [-0.39, 0.29) is 19.0 Å². The van der Waals surface area contributed by atoms with Gasteiger partial charge in [0.1, 0.15) is 0 Å². The van der Waals surface area contributed by atoms with Crippen LogP contribution in [0.4, 0.5) is 0 Å². The van der Waals surface area contributed by atoms with Gasteiger partial charge in [-0.3, -0.25) is 0 Å². The van der Waals surface area contributed by atoms with Crippen molar-refractivity contribution in [3.63, 3.8) is 0 Å². The van der Waals surface area contributed by atoms with E-state index in [4.69, 9.17) is 33.4 Å². The zero-order valence-corrected chi connectivity index (χ0v) is 14.2. The van der Waals surface area contributed by atoms with E-state index >= 15 is 0 Å². The van der Waals surface area contributed by atoms with Gasteiger partial charge in [0, 0.05) is 13.1 Å². The minimum absolute atomic E-state index is 0.00195. The average molecular weight is 350 g/mol. The molecule has 0 bridgehead atoms. The summed E-state index contributed by atoms with van der Waals surface area (Å²) in [6.07, 6.45) is 6.30. The molecule has 4 N–H and O–H groups in total. The maximum atomic E-state index is 9.47. The highest BCUT2D eigenvalue weighted by Gasteiger charge is 2.17. The Morgan fingerprint density at radius 1 is 0.955 bits per heavy atom. The molecule has 1 aromatic carbocycles. The molecule has 0 radical (unpaired) electrons. The Balaban J connectivity index is 0.000000295. The number of phenols is 1. The first-order chi connectivity index (χ1) is 10.6. The molecule has 0 saturated heterocycles. The lowest BCUT2D eigenvalue weighted by Crippen LogP contribution is -2.21. The summed E-state index contributed by atoms with van der Waals surface area (Å²) in [4.78, 5) is 0. The first-order valence-electron chi connectivity index (χ1n) is 7.70. The molecule has 0 unspecified atom stereocenters. The van der Waals surface area contributed by atoms with Crippen molar-refractivity contribution in [2.24, 2.45) is 0 Å². The quantitative estimate of drug-likeness (QED) is 0.615. The van der Waals surface area contributed by atoms with Crippen LogP contribution >= 0.6 is 23.2 Å². The molecule has 4 nitrogen and oxygen atoms in total. The normalized spacial score (nSPS) is 15.3. The second-order valence-corrected chi connectivity index (χ2v) is 6.18. The summed E-state index contributed by atoms with van der Waals surface area (Å²) >= 11 is 11.8. The topological polar surface area (TPSA) is 72.7 Å². The molecule has 126 valence electrons. The molecule has 1 saturated carbocycles. The Morgan fingerprint density at radius 2 is 1.45 bits per heavy atom. The van der Waals surface area contributed by atoms with Gasteiger partial charge in [0.05, 0.1) is 23.3 Å². The summed E-state index contributed by atoms with van der Waals surface area (Å²) in [5, 5.41) is 29.3. The van der Waals surface area contributed by atoms with Gasteiger partial charge >= 0.3 is 0 Å². The predicted octanol–water partition coefficient (Wildman–Crippen LogP) is 3.31. The van der Waals surface area contributed by atoms with Crippen LogP contribution in [0.15, 0.2) is 12.1 Å². The van der Waals surface area contributed by atoms with Gasteiger partial charge in [-0.1, -0.05) is 42.5 Å². The molecule has 0 heterocycles. The number of rotatable bonds is 5. The van der Waals surface area contributed by atoms with Crippen molar-refractivity contribution in [1.82, 2.24) is 5.32 Å². The van der Waals surface area contributed by atoms with Gasteiger partial charge in [0.25, 0.3) is 0 Å². The van der Waals surface area contributed by atoms with E-state index in [2.05, 4.69) is 5.32 Å². The monoisotopic (exact) mass is 349 g/mol. The third kappa shape index (κ3) is 6.71. The maximum absolute atomic E-state index is 9.47. The van der Waals surface area contributed by atoms with Gasteiger partial charge < -0.3 is 20.6 Å². The summed E-state index contributed by atoms with van der Waals surface area (Å²) < 4.78 is 0. The molecule has 0 spiro atoms. The third-order valence-electron chi connectivity index (χ3n) is 3.69. The van der Waals surface area contributed by atoms with Gasteiger partial charge in [-0.15, -0.1) is 0 Å². The molecule has 2 rings (SSSR count). The SMILES string of the molecule is OCCNCCO.Oc1c(Cl)cc(C2CCCCC2)cc1Cl. The molecule has 0 atom stereocenters. The molecule has 0 aliphatic heterocycles. The molecular weight excluding hydrogens is 325 g/mol. The number of aromatic hydroxyl groups is 1. The predicted molar refractivity (Wildman–Crippen MR) is 91.0 cm³/mol. The molecule has 1 fully saturated rings. The number of aliphatic hydroxyl groups is 2. The molecule has 6 heteroatoms. The fourth-order valence-electron chi connectivity index (χ4n) is 2.54. The number of aliphatic hydroxyl groups excluding tert-OH is 2. The Labute approximate surface area is 142 Å². The molecule has 1 aromatic rings. The summed E-state index contributed by atoms with van der Waals surface area (Å²) in [6, 6.07) is 3.69. The van der Waals surface area contributed by atoms with Crippen LogP contribution in [0.1, 0.15) is 43.6 Å². The first-order valence-corrected chi connectivity index (χ1v) is 8.46. The van der Waals surface area contributed by atoms with Crippen molar-refractivity contribution in [3.05, 3.63) is 27.7 Å². The Kier molecular flexibility index (Phi) is 9.84. The van der Waals surface area contributed by atoms with Crippen LogP contribution in [0.3, 0.4) is 0 Å². The van der Waals surface area contributed by atoms with Crippen molar-refractivity contribution in [1.29, 1.82) is 0 Å². The molecule has 1 aliphatic carbocycles. The molecule has 1 aliphatic rings. The number of benzene rings is 1. The number of nitrogens with one attached hydrogen (secondary N) is 1.